The second-order valence-electron chi connectivity index (χ2n) is 14.0. The van der Waals surface area contributed by atoms with Crippen molar-refractivity contribution in [3.63, 3.8) is 0 Å². The van der Waals surface area contributed by atoms with E-state index in [1.54, 1.807) is 0 Å². The Labute approximate surface area is 322 Å². The van der Waals surface area contributed by atoms with E-state index >= 15 is 0 Å². The molecule has 0 unspecified atom stereocenters. The first-order chi connectivity index (χ1) is 27.8. The van der Waals surface area contributed by atoms with E-state index in [0.717, 1.165) is 77.1 Å². The highest BCUT2D eigenvalue weighted by atomic mass is 16.3. The van der Waals surface area contributed by atoms with Gasteiger partial charge in [-0.3, -0.25) is 4.57 Å². The van der Waals surface area contributed by atoms with E-state index in [2.05, 4.69) is 132 Å². The van der Waals surface area contributed by atoms with Crippen LogP contribution >= 0.6 is 0 Å². The van der Waals surface area contributed by atoms with Crippen molar-refractivity contribution in [2.75, 3.05) is 0 Å². The van der Waals surface area contributed by atoms with Crippen LogP contribution in [0.3, 0.4) is 0 Å². The number of aromatic nitrogens is 4. The average Bonchev–Trinajstić information content (AvgIpc) is 3.84. The van der Waals surface area contributed by atoms with Crippen molar-refractivity contribution in [1.29, 1.82) is 0 Å². The molecular weight excluding hydrogens is 685 g/mol. The van der Waals surface area contributed by atoms with Crippen molar-refractivity contribution >= 4 is 43.7 Å². The summed E-state index contributed by atoms with van der Waals surface area (Å²) in [6.07, 6.45) is 0. The van der Waals surface area contributed by atoms with Crippen LogP contribution in [-0.4, -0.2) is 19.5 Å². The van der Waals surface area contributed by atoms with Crippen LogP contribution in [0.25, 0.3) is 106 Å². The first-order valence-electron chi connectivity index (χ1n) is 18.8. The molecule has 0 bridgehead atoms. The SMILES string of the molecule is c1ccc(-c2cccc(-c3cccc4c3oc3cccc(-c5cccc6c7ccccc7n(-c7nc(-c8ccccc8)nc(-c8ccccc8)n7)c56)c34)c2)cc1. The molecule has 0 aliphatic rings. The van der Waals surface area contributed by atoms with Crippen LogP contribution in [0.15, 0.2) is 199 Å². The minimum absolute atomic E-state index is 0.557. The van der Waals surface area contributed by atoms with Crippen LogP contribution in [0.5, 0.6) is 0 Å². The van der Waals surface area contributed by atoms with Crippen molar-refractivity contribution in [2.45, 2.75) is 0 Å². The molecule has 0 spiro atoms. The van der Waals surface area contributed by atoms with E-state index < -0.39 is 0 Å². The number of rotatable bonds is 6. The van der Waals surface area contributed by atoms with Crippen LogP contribution < -0.4 is 0 Å². The zero-order chi connectivity index (χ0) is 37.0. The van der Waals surface area contributed by atoms with Gasteiger partial charge in [0.05, 0.1) is 11.0 Å². The smallest absolute Gasteiger partial charge is 0.238 e. The predicted octanol–water partition coefficient (Wildman–Crippen LogP) is 13.2. The van der Waals surface area contributed by atoms with Gasteiger partial charge < -0.3 is 4.42 Å². The second-order valence-corrected chi connectivity index (χ2v) is 14.0. The first-order valence-corrected chi connectivity index (χ1v) is 18.8. The molecule has 0 fully saturated rings. The van der Waals surface area contributed by atoms with Crippen molar-refractivity contribution in [3.8, 4) is 62.1 Å². The van der Waals surface area contributed by atoms with Gasteiger partial charge >= 0.3 is 0 Å². The van der Waals surface area contributed by atoms with Gasteiger partial charge in [0.1, 0.15) is 11.2 Å². The van der Waals surface area contributed by atoms with Gasteiger partial charge in [-0.05, 0) is 40.5 Å². The van der Waals surface area contributed by atoms with E-state index in [1.165, 1.54) is 11.1 Å². The zero-order valence-corrected chi connectivity index (χ0v) is 30.2. The molecule has 5 heteroatoms. The minimum atomic E-state index is 0.557. The Kier molecular flexibility index (Phi) is 7.42. The molecule has 0 saturated carbocycles. The highest BCUT2D eigenvalue weighted by Crippen LogP contribution is 2.44. The van der Waals surface area contributed by atoms with Gasteiger partial charge in [0.25, 0.3) is 0 Å². The van der Waals surface area contributed by atoms with E-state index in [0.29, 0.717) is 17.6 Å². The summed E-state index contributed by atoms with van der Waals surface area (Å²) in [4.78, 5) is 15.4. The third-order valence-electron chi connectivity index (χ3n) is 10.7. The molecule has 3 heterocycles. The van der Waals surface area contributed by atoms with Crippen LogP contribution in [0.2, 0.25) is 0 Å². The summed E-state index contributed by atoms with van der Waals surface area (Å²) in [5.41, 5.74) is 12.2. The summed E-state index contributed by atoms with van der Waals surface area (Å²) in [6, 6.07) is 67.3. The third-order valence-corrected chi connectivity index (χ3v) is 10.7. The van der Waals surface area contributed by atoms with Crippen molar-refractivity contribution in [3.05, 3.63) is 194 Å². The first kappa shape index (κ1) is 31.9. The summed E-state index contributed by atoms with van der Waals surface area (Å²) < 4.78 is 9.03. The fourth-order valence-electron chi connectivity index (χ4n) is 8.14. The molecule has 8 aromatic carbocycles. The number of benzene rings is 8. The number of furan rings is 1. The van der Waals surface area contributed by atoms with Crippen molar-refractivity contribution in [2.24, 2.45) is 0 Å². The highest BCUT2D eigenvalue weighted by Gasteiger charge is 2.23. The third kappa shape index (κ3) is 5.21. The summed E-state index contributed by atoms with van der Waals surface area (Å²) in [5.74, 6) is 1.79. The number of fused-ring (bicyclic) bond motifs is 6. The number of hydrogen-bond donors (Lipinski definition) is 0. The fraction of sp³-hybridized carbons (Fsp3) is 0. The van der Waals surface area contributed by atoms with E-state index in [4.69, 9.17) is 19.4 Å². The Bertz CT molecular complexity index is 3180. The van der Waals surface area contributed by atoms with Crippen molar-refractivity contribution < 1.29 is 4.42 Å². The maximum absolute atomic E-state index is 6.82. The standard InChI is InChI=1S/C51H32N4O/c1-4-16-33(17-5-1)36-22-12-23-37(32-36)38-25-13-29-43-46-40(26-15-31-45(46)56-48(38)43)42-28-14-27-41-39-24-10-11-30-44(39)55(47(41)42)51-53-49(34-18-6-2-7-19-34)52-50(54-51)35-20-8-3-9-21-35/h1-32H. The van der Waals surface area contributed by atoms with Crippen LogP contribution in [-0.2, 0) is 0 Å². The Morgan fingerprint density at radius 3 is 1.64 bits per heavy atom. The zero-order valence-electron chi connectivity index (χ0n) is 30.2. The Balaban J connectivity index is 1.17. The topological polar surface area (TPSA) is 56.7 Å². The maximum Gasteiger partial charge on any atom is 0.238 e. The highest BCUT2D eigenvalue weighted by molar-refractivity contribution is 6.20. The minimum Gasteiger partial charge on any atom is -0.455 e. The number of para-hydroxylation sites is 3. The van der Waals surface area contributed by atoms with Gasteiger partial charge in [-0.1, -0.05) is 176 Å². The van der Waals surface area contributed by atoms with Gasteiger partial charge in [-0.15, -0.1) is 0 Å². The van der Waals surface area contributed by atoms with Gasteiger partial charge in [-0.25, -0.2) is 4.98 Å². The molecular formula is C51H32N4O. The van der Waals surface area contributed by atoms with E-state index in [9.17, 15) is 0 Å². The van der Waals surface area contributed by atoms with E-state index in [-0.39, 0.29) is 0 Å². The maximum atomic E-state index is 6.82. The van der Waals surface area contributed by atoms with Gasteiger partial charge in [0, 0.05) is 43.8 Å². The normalized spacial score (nSPS) is 11.6. The molecule has 0 saturated heterocycles. The molecule has 0 amide bonds. The molecule has 5 nitrogen and oxygen atoms in total. The lowest BCUT2D eigenvalue weighted by Gasteiger charge is -2.13. The quantitative estimate of drug-likeness (QED) is 0.172. The molecule has 56 heavy (non-hydrogen) atoms. The molecule has 0 atom stereocenters. The van der Waals surface area contributed by atoms with Gasteiger partial charge in [-0.2, -0.15) is 9.97 Å². The number of hydrogen-bond acceptors (Lipinski definition) is 4. The Hall–Kier alpha value is -7.63. The summed E-state index contributed by atoms with van der Waals surface area (Å²) in [7, 11) is 0. The second kappa shape index (κ2) is 13.0. The van der Waals surface area contributed by atoms with Crippen LogP contribution in [0, 0.1) is 0 Å². The lowest BCUT2D eigenvalue weighted by Crippen LogP contribution is -2.07. The number of nitrogens with zero attached hydrogens (tertiary/aromatic N) is 4. The largest absolute Gasteiger partial charge is 0.455 e. The fourth-order valence-corrected chi connectivity index (χ4v) is 8.14. The average molecular weight is 717 g/mol. The van der Waals surface area contributed by atoms with E-state index in [1.807, 2.05) is 66.7 Å². The molecule has 3 aromatic heterocycles. The lowest BCUT2D eigenvalue weighted by molar-refractivity contribution is 0.670. The molecule has 0 N–H and O–H groups in total. The lowest BCUT2D eigenvalue weighted by atomic mass is 9.95. The summed E-state index contributed by atoms with van der Waals surface area (Å²) in [5, 5.41) is 4.37. The van der Waals surface area contributed by atoms with Crippen molar-refractivity contribution in [1.82, 2.24) is 19.5 Å². The molecule has 0 aliphatic carbocycles. The monoisotopic (exact) mass is 716 g/mol. The van der Waals surface area contributed by atoms with Gasteiger partial charge in [0.15, 0.2) is 11.6 Å². The molecule has 11 aromatic rings. The molecule has 262 valence electrons. The molecule has 0 radical (unpaired) electrons. The van der Waals surface area contributed by atoms with Crippen LogP contribution in [0.4, 0.5) is 0 Å². The predicted molar refractivity (Wildman–Crippen MR) is 229 cm³/mol. The molecule has 11 rings (SSSR count). The Morgan fingerprint density at radius 1 is 0.375 bits per heavy atom. The summed E-state index contributed by atoms with van der Waals surface area (Å²) >= 11 is 0. The Morgan fingerprint density at radius 2 is 0.911 bits per heavy atom. The van der Waals surface area contributed by atoms with Gasteiger partial charge in [0.2, 0.25) is 5.95 Å². The van der Waals surface area contributed by atoms with Crippen LogP contribution in [0.1, 0.15) is 0 Å². The summed E-state index contributed by atoms with van der Waals surface area (Å²) in [6.45, 7) is 0. The molecule has 0 aliphatic heterocycles.